The molecule has 51 heavy (non-hydrogen) atoms. The van der Waals surface area contributed by atoms with Crippen molar-refractivity contribution in [2.45, 2.75) is 145 Å². The fourth-order valence-corrected chi connectivity index (χ4v) is 13.1. The van der Waals surface area contributed by atoms with Crippen LogP contribution in [-0.4, -0.2) is 46.7 Å². The minimum absolute atomic E-state index is 0.000545. The molecular formula is C44H65NO6. The van der Waals surface area contributed by atoms with E-state index >= 15 is 0 Å². The molecule has 6 rings (SSSR count). The highest BCUT2D eigenvalue weighted by atomic mass is 16.5. The number of aliphatic hydroxyl groups is 1. The number of Topliss-reactive ketones (excluding diaryl/α,β-unsaturated/α-hetero) is 1. The van der Waals surface area contributed by atoms with Crippen LogP contribution in [-0.2, 0) is 25.7 Å². The van der Waals surface area contributed by atoms with E-state index in [2.05, 4.69) is 65.9 Å². The number of carbonyl (C=O) groups is 3. The zero-order chi connectivity index (χ0) is 37.4. The third-order valence-corrected chi connectivity index (χ3v) is 16.0. The summed E-state index contributed by atoms with van der Waals surface area (Å²) in [5, 5.41) is 25.3. The Kier molecular flexibility index (Phi) is 9.82. The van der Waals surface area contributed by atoms with Crippen molar-refractivity contribution in [1.29, 1.82) is 0 Å². The van der Waals surface area contributed by atoms with Crippen molar-refractivity contribution in [3.63, 3.8) is 0 Å². The Morgan fingerprint density at radius 3 is 2.25 bits per heavy atom. The summed E-state index contributed by atoms with van der Waals surface area (Å²) < 4.78 is 6.16. The lowest BCUT2D eigenvalue weighted by Gasteiger charge is -2.72. The van der Waals surface area contributed by atoms with Crippen molar-refractivity contribution in [2.75, 3.05) is 6.54 Å². The molecule has 3 N–H and O–H groups in total. The predicted octanol–water partition coefficient (Wildman–Crippen LogP) is 8.53. The summed E-state index contributed by atoms with van der Waals surface area (Å²) in [7, 11) is 0. The van der Waals surface area contributed by atoms with Gasteiger partial charge >= 0.3 is 11.9 Å². The number of carboxylic acids is 1. The summed E-state index contributed by atoms with van der Waals surface area (Å²) >= 11 is 0. The molecule has 0 aromatic heterocycles. The summed E-state index contributed by atoms with van der Waals surface area (Å²) in [6, 6.07) is 10.3. The van der Waals surface area contributed by atoms with Crippen LogP contribution in [0, 0.1) is 56.2 Å². The van der Waals surface area contributed by atoms with Crippen molar-refractivity contribution in [2.24, 2.45) is 56.2 Å². The molecule has 0 spiro atoms. The van der Waals surface area contributed by atoms with E-state index in [0.717, 1.165) is 56.9 Å². The maximum atomic E-state index is 14.0. The average Bonchev–Trinajstić information content (AvgIpc) is 3.36. The van der Waals surface area contributed by atoms with Crippen LogP contribution in [0.4, 0.5) is 0 Å². The van der Waals surface area contributed by atoms with Crippen molar-refractivity contribution >= 4 is 17.7 Å². The van der Waals surface area contributed by atoms with Gasteiger partial charge in [-0.25, -0.2) is 0 Å². The molecule has 7 heteroatoms. The molecule has 7 nitrogen and oxygen atoms in total. The van der Waals surface area contributed by atoms with Crippen LogP contribution in [0.3, 0.4) is 0 Å². The van der Waals surface area contributed by atoms with Gasteiger partial charge in [-0.1, -0.05) is 84.4 Å². The Labute approximate surface area is 306 Å². The lowest BCUT2D eigenvalue weighted by atomic mass is 9.33. The number of nitrogens with one attached hydrogen (secondary N) is 1. The summed E-state index contributed by atoms with van der Waals surface area (Å²) in [4.78, 5) is 38.8. The minimum Gasteiger partial charge on any atom is -0.481 e. The summed E-state index contributed by atoms with van der Waals surface area (Å²) in [6.07, 6.45) is 7.32. The predicted molar refractivity (Wildman–Crippen MR) is 199 cm³/mol. The maximum Gasteiger partial charge on any atom is 0.309 e. The van der Waals surface area contributed by atoms with E-state index in [4.69, 9.17) is 4.74 Å². The summed E-state index contributed by atoms with van der Waals surface area (Å²) in [6.45, 7) is 20.8. The molecule has 1 aromatic rings. The Balaban J connectivity index is 1.26. The number of ketones is 1. The second kappa shape index (κ2) is 13.1. The van der Waals surface area contributed by atoms with E-state index < -0.39 is 28.9 Å². The monoisotopic (exact) mass is 703 g/mol. The smallest absolute Gasteiger partial charge is 0.309 e. The molecule has 0 heterocycles. The first-order chi connectivity index (χ1) is 23.7. The number of esters is 1. The van der Waals surface area contributed by atoms with Gasteiger partial charge in [-0.3, -0.25) is 14.4 Å². The first kappa shape index (κ1) is 38.2. The molecule has 5 aliphatic rings. The van der Waals surface area contributed by atoms with E-state index in [1.807, 2.05) is 18.2 Å². The second-order valence-electron chi connectivity index (χ2n) is 19.7. The number of ether oxygens (including phenoxy) is 1. The van der Waals surface area contributed by atoms with Gasteiger partial charge in [0, 0.05) is 30.3 Å². The van der Waals surface area contributed by atoms with Gasteiger partial charge in [-0.2, -0.15) is 0 Å². The number of hydrogen-bond acceptors (Lipinski definition) is 6. The van der Waals surface area contributed by atoms with Crippen molar-refractivity contribution in [3.8, 4) is 0 Å². The van der Waals surface area contributed by atoms with Gasteiger partial charge in [-0.15, -0.1) is 0 Å². The van der Waals surface area contributed by atoms with Crippen LogP contribution < -0.4 is 5.32 Å². The third-order valence-electron chi connectivity index (χ3n) is 16.0. The lowest BCUT2D eigenvalue weighted by Crippen LogP contribution is -2.66. The molecule has 0 saturated heterocycles. The molecule has 1 aromatic carbocycles. The fourth-order valence-electron chi connectivity index (χ4n) is 13.1. The first-order valence-electron chi connectivity index (χ1n) is 19.9. The normalized spacial score (nSPS) is 38.0. The van der Waals surface area contributed by atoms with E-state index in [9.17, 15) is 24.6 Å². The zero-order valence-corrected chi connectivity index (χ0v) is 32.9. The number of fused-ring (bicyclic) bond motifs is 7. The Bertz CT molecular complexity index is 1560. The van der Waals surface area contributed by atoms with Crippen molar-refractivity contribution in [3.05, 3.63) is 47.0 Å². The molecule has 4 saturated carbocycles. The largest absolute Gasteiger partial charge is 0.481 e. The van der Waals surface area contributed by atoms with Crippen LogP contribution in [0.1, 0.15) is 132 Å². The summed E-state index contributed by atoms with van der Waals surface area (Å²) in [5.41, 5.74) is 1.73. The van der Waals surface area contributed by atoms with Gasteiger partial charge in [0.15, 0.2) is 5.78 Å². The Morgan fingerprint density at radius 1 is 0.922 bits per heavy atom. The molecule has 0 radical (unpaired) electrons. The highest BCUT2D eigenvalue weighted by Crippen LogP contribution is 2.77. The molecule has 9 unspecified atom stereocenters. The zero-order valence-electron chi connectivity index (χ0n) is 32.9. The lowest BCUT2D eigenvalue weighted by molar-refractivity contribution is -0.235. The fraction of sp³-hybridized carbons (Fsp3) is 0.750. The van der Waals surface area contributed by atoms with Gasteiger partial charge in [0.1, 0.15) is 6.10 Å². The maximum absolute atomic E-state index is 14.0. The van der Waals surface area contributed by atoms with Gasteiger partial charge in [0.05, 0.1) is 17.9 Å². The molecule has 9 atom stereocenters. The number of allylic oxidation sites excluding steroid dienone is 1. The second-order valence-corrected chi connectivity index (χ2v) is 19.7. The van der Waals surface area contributed by atoms with Crippen molar-refractivity contribution < 1.29 is 29.3 Å². The van der Waals surface area contributed by atoms with Gasteiger partial charge in [0.2, 0.25) is 0 Å². The number of benzene rings is 1. The highest BCUT2D eigenvalue weighted by molar-refractivity contribution is 6.00. The first-order valence-corrected chi connectivity index (χ1v) is 19.9. The van der Waals surface area contributed by atoms with E-state index in [0.29, 0.717) is 31.3 Å². The molecular weight excluding hydrogens is 638 g/mol. The number of carboxylic acid groups (broad SMARTS) is 1. The Hall–Kier alpha value is -2.51. The van der Waals surface area contributed by atoms with Gasteiger partial charge < -0.3 is 20.3 Å². The molecule has 0 aliphatic heterocycles. The quantitative estimate of drug-likeness (QED) is 0.210. The molecule has 0 amide bonds. The minimum atomic E-state index is -1.16. The number of carbonyl (C=O) groups excluding carboxylic acids is 2. The Morgan fingerprint density at radius 2 is 1.61 bits per heavy atom. The van der Waals surface area contributed by atoms with Crippen LogP contribution in [0.2, 0.25) is 0 Å². The number of aliphatic hydroxyl groups excluding tert-OH is 1. The highest BCUT2D eigenvalue weighted by Gasteiger charge is 2.70. The molecule has 4 fully saturated rings. The van der Waals surface area contributed by atoms with Crippen LogP contribution in [0.15, 0.2) is 41.5 Å². The summed E-state index contributed by atoms with van der Waals surface area (Å²) in [5.74, 6) is 0.107. The molecule has 5 aliphatic carbocycles. The number of hydrogen-bond donors (Lipinski definition) is 3. The van der Waals surface area contributed by atoms with Crippen molar-refractivity contribution in [1.82, 2.24) is 5.32 Å². The van der Waals surface area contributed by atoms with Gasteiger partial charge in [0.25, 0.3) is 0 Å². The number of aliphatic carboxylic acids is 1. The van der Waals surface area contributed by atoms with Crippen LogP contribution in [0.25, 0.3) is 0 Å². The molecule has 0 bridgehead atoms. The van der Waals surface area contributed by atoms with Crippen LogP contribution >= 0.6 is 0 Å². The average molecular weight is 704 g/mol. The molecule has 282 valence electrons. The topological polar surface area (TPSA) is 113 Å². The van der Waals surface area contributed by atoms with E-state index in [1.54, 1.807) is 13.8 Å². The van der Waals surface area contributed by atoms with E-state index in [-0.39, 0.29) is 51.8 Å². The SMILES string of the molecule is CC(C)C1=C2C3CCC4C5(C)CCC(OC(=O)CC(C)(C)C(=O)O)C(C)(C)C5CCC4(C)C3(C)CCC2(C(O)CNCc2ccccc2)CC1=O. The van der Waals surface area contributed by atoms with Crippen LogP contribution in [0.5, 0.6) is 0 Å². The standard InChI is InChI=1S/C44H65NO6/c1-27(2)36-30(46)23-44(33(47)26-45-25-28-13-11-10-12-14-28)22-21-42(8)29(37(36)44)15-16-32-41(7)19-18-34(51-35(48)24-39(3,4)38(49)50)40(5,6)31(41)17-20-43(32,42)9/h10-14,27,29,31-34,45,47H,15-26H2,1-9H3,(H,49,50). The van der Waals surface area contributed by atoms with Gasteiger partial charge in [-0.05, 0) is 116 Å². The number of rotatable bonds is 10. The third kappa shape index (κ3) is 5.95. The van der Waals surface area contributed by atoms with E-state index in [1.165, 1.54) is 11.1 Å².